The van der Waals surface area contributed by atoms with Crippen molar-refractivity contribution in [1.82, 2.24) is 20.3 Å². The Balaban J connectivity index is 1.20. The summed E-state index contributed by atoms with van der Waals surface area (Å²) in [6, 6.07) is -0.458. The number of aliphatic hydroxyl groups excluding tert-OH is 1. The van der Waals surface area contributed by atoms with Crippen molar-refractivity contribution >= 4 is 41.5 Å². The second-order valence-electron chi connectivity index (χ2n) is 20.3. The topological polar surface area (TPSA) is 132 Å². The lowest BCUT2D eigenvalue weighted by Crippen LogP contribution is -2.39. The third-order valence-corrected chi connectivity index (χ3v) is 15.2. The van der Waals surface area contributed by atoms with Gasteiger partial charge in [0.05, 0.1) is 12.5 Å². The van der Waals surface area contributed by atoms with E-state index >= 15 is 0 Å². The number of aromatic nitrogens is 3. The van der Waals surface area contributed by atoms with E-state index < -0.39 is 11.9 Å². The van der Waals surface area contributed by atoms with Gasteiger partial charge in [-0.15, -0.1) is 0 Å². The first kappa shape index (κ1) is 48.9. The molecular formula is C55H80N4O5. The zero-order valence-corrected chi connectivity index (χ0v) is 41.1. The van der Waals surface area contributed by atoms with Gasteiger partial charge < -0.3 is 34.8 Å². The molecule has 5 heterocycles. The first-order valence-corrected chi connectivity index (χ1v) is 24.6. The van der Waals surface area contributed by atoms with E-state index in [9.17, 15) is 14.7 Å². The fourth-order valence-corrected chi connectivity index (χ4v) is 11.1. The Morgan fingerprint density at radius 3 is 2.25 bits per heavy atom. The number of H-pyrrole nitrogens is 3. The first-order valence-electron chi connectivity index (χ1n) is 24.6. The van der Waals surface area contributed by atoms with Crippen LogP contribution in [-0.4, -0.2) is 57.8 Å². The Hall–Kier alpha value is -4.50. The molecule has 1 fully saturated rings. The lowest BCUT2D eigenvalue weighted by molar-refractivity contribution is -0.143. The highest BCUT2D eigenvalue weighted by Gasteiger charge is 2.48. The lowest BCUT2D eigenvalue weighted by atomic mass is 9.79. The molecule has 5 N–H and O–H groups in total. The van der Waals surface area contributed by atoms with Crippen molar-refractivity contribution in [3.05, 3.63) is 84.4 Å². The van der Waals surface area contributed by atoms with Gasteiger partial charge in [-0.25, -0.2) is 0 Å². The maximum Gasteiger partial charge on any atom is 0.320 e. The van der Waals surface area contributed by atoms with Gasteiger partial charge >= 0.3 is 11.9 Å². The minimum atomic E-state index is -0.966. The molecule has 0 spiro atoms. The molecule has 350 valence electrons. The molecule has 3 aromatic heterocycles. The molecule has 9 heteroatoms. The quantitative estimate of drug-likeness (QED) is 0.0569. The van der Waals surface area contributed by atoms with Gasteiger partial charge in [-0.3, -0.25) is 9.59 Å². The molecule has 0 aromatic carbocycles. The highest BCUT2D eigenvalue weighted by Crippen LogP contribution is 2.41. The van der Waals surface area contributed by atoms with Crippen LogP contribution in [0.15, 0.2) is 18.2 Å². The average Bonchev–Trinajstić information content (AvgIpc) is 3.99. The van der Waals surface area contributed by atoms with E-state index in [-0.39, 0.29) is 48.7 Å². The van der Waals surface area contributed by atoms with Crippen LogP contribution < -0.4 is 26.6 Å². The van der Waals surface area contributed by atoms with Crippen molar-refractivity contribution in [3.8, 4) is 0 Å². The SMILES string of the molecule is C=Cc1c(C)/c2[nH]/c1=C\c1[nH]c(c(CC)c1C)Cc1[nH]c3c(c1C)=C(O)[C@H](C(=O)OC)C=3C1NC(\C=2)[C@@H](C)[C@@H]1CCC(=O)OC/C=C(\C)CCC[C@H](C)CCC[C@H](C)CCCC(C)C. The second-order valence-corrected chi connectivity index (χ2v) is 20.3. The third-order valence-electron chi connectivity index (χ3n) is 15.2. The highest BCUT2D eigenvalue weighted by atomic mass is 16.5. The minimum Gasteiger partial charge on any atom is -0.510 e. The summed E-state index contributed by atoms with van der Waals surface area (Å²) < 4.78 is 11.2. The Bertz CT molecular complexity index is 2440. The smallest absolute Gasteiger partial charge is 0.320 e. The van der Waals surface area contributed by atoms with Gasteiger partial charge in [-0.05, 0) is 129 Å². The van der Waals surface area contributed by atoms with Gasteiger partial charge in [-0.2, -0.15) is 0 Å². The molecule has 6 rings (SSSR count). The number of aromatic amines is 3. The number of carbonyl (C=O) groups excluding carboxylic acids is 2. The number of hydrogen-bond donors (Lipinski definition) is 5. The van der Waals surface area contributed by atoms with E-state index in [1.165, 1.54) is 68.8 Å². The fourth-order valence-electron chi connectivity index (χ4n) is 11.1. The van der Waals surface area contributed by atoms with Crippen molar-refractivity contribution in [2.45, 2.75) is 165 Å². The van der Waals surface area contributed by atoms with Crippen molar-refractivity contribution in [3.63, 3.8) is 0 Å². The molecule has 2 aliphatic heterocycles. The summed E-state index contributed by atoms with van der Waals surface area (Å²) in [5, 5.41) is 19.3. The number of ether oxygens (including phenoxy) is 2. The summed E-state index contributed by atoms with van der Waals surface area (Å²) in [5.74, 6) is 0.668. The Labute approximate surface area is 383 Å². The van der Waals surface area contributed by atoms with Crippen LogP contribution >= 0.6 is 0 Å². The summed E-state index contributed by atoms with van der Waals surface area (Å²) in [7, 11) is 1.37. The second kappa shape index (κ2) is 21.7. The standard InChI is InChI=1S/C55H80N4O5/c1-13-39-35(8)42-28-44-37(10)41(24-25-48(60)64-27-26-34(7)23-17-22-33(6)21-16-20-32(5)19-15-18-31(3)4)52(58-44)50-51(55(62)63-12)54(61)49-38(11)45(59-53(49)50)30-47-40(14-2)36(9)43(57-47)29-46(39)56-42/h13,26,28-29,31-33,37,41,44,51-52,56-59,61H,1,14-25,27,30H2,2-12H3/b34-26+,42-28-,46-29-/t32-,33-,37+,41+,44?,51-,52?/m1/s1. The van der Waals surface area contributed by atoms with Crippen molar-refractivity contribution in [2.24, 2.45) is 35.5 Å². The third kappa shape index (κ3) is 10.8. The van der Waals surface area contributed by atoms with E-state index in [1.807, 2.05) is 13.0 Å². The zero-order valence-electron chi connectivity index (χ0n) is 41.1. The van der Waals surface area contributed by atoms with E-state index in [0.29, 0.717) is 18.1 Å². The first-order chi connectivity index (χ1) is 30.6. The molecule has 9 nitrogen and oxygen atoms in total. The summed E-state index contributed by atoms with van der Waals surface area (Å²) in [5.41, 5.74) is 10.7. The Morgan fingerprint density at radius 1 is 0.906 bits per heavy atom. The molecular weight excluding hydrogens is 797 g/mol. The van der Waals surface area contributed by atoms with Crippen LogP contribution in [0.5, 0.6) is 0 Å². The maximum absolute atomic E-state index is 13.7. The Morgan fingerprint density at radius 2 is 1.59 bits per heavy atom. The van der Waals surface area contributed by atoms with Crippen molar-refractivity contribution in [2.75, 3.05) is 13.7 Å². The molecule has 7 atom stereocenters. The molecule has 0 saturated carbocycles. The van der Waals surface area contributed by atoms with Gasteiger partial charge in [-0.1, -0.05) is 105 Å². The number of allylic oxidation sites excluding steroid dienone is 1. The largest absolute Gasteiger partial charge is 0.510 e. The van der Waals surface area contributed by atoms with E-state index in [0.717, 1.165) is 92.4 Å². The summed E-state index contributed by atoms with van der Waals surface area (Å²) in [6.45, 7) is 26.7. The molecule has 3 aliphatic rings. The normalized spacial score (nSPS) is 22.6. The van der Waals surface area contributed by atoms with Gasteiger partial charge in [0, 0.05) is 63.5 Å². The molecule has 2 unspecified atom stereocenters. The number of rotatable bonds is 20. The summed E-state index contributed by atoms with van der Waals surface area (Å²) in [4.78, 5) is 38.3. The van der Waals surface area contributed by atoms with E-state index in [4.69, 9.17) is 9.47 Å². The van der Waals surface area contributed by atoms with Crippen LogP contribution in [0.3, 0.4) is 0 Å². The molecule has 64 heavy (non-hydrogen) atoms. The Kier molecular flexibility index (Phi) is 16.6. The predicted molar refractivity (Wildman–Crippen MR) is 262 cm³/mol. The van der Waals surface area contributed by atoms with Crippen LogP contribution in [-0.2, 0) is 31.9 Å². The zero-order chi connectivity index (χ0) is 46.4. The summed E-state index contributed by atoms with van der Waals surface area (Å²) >= 11 is 0. The highest BCUT2D eigenvalue weighted by molar-refractivity contribution is 5.95. The predicted octanol–water partition coefficient (Wildman–Crippen LogP) is 8.94. The molecule has 3 aromatic rings. The molecule has 8 bridgehead atoms. The molecule has 0 radical (unpaired) electrons. The van der Waals surface area contributed by atoms with E-state index in [1.54, 1.807) is 0 Å². The van der Waals surface area contributed by atoms with Crippen LogP contribution in [0, 0.1) is 56.3 Å². The van der Waals surface area contributed by atoms with Crippen LogP contribution in [0.2, 0.25) is 0 Å². The maximum atomic E-state index is 13.7. The number of carbonyl (C=O) groups is 2. The number of fused-ring (bicyclic) bond motifs is 8. The van der Waals surface area contributed by atoms with Crippen molar-refractivity contribution < 1.29 is 24.2 Å². The number of aliphatic hydroxyl groups is 1. The van der Waals surface area contributed by atoms with Crippen LogP contribution in [0.1, 0.15) is 164 Å². The van der Waals surface area contributed by atoms with Crippen molar-refractivity contribution in [1.29, 1.82) is 0 Å². The van der Waals surface area contributed by atoms with Gasteiger partial charge in [0.15, 0.2) is 0 Å². The van der Waals surface area contributed by atoms with E-state index in [2.05, 4.69) is 107 Å². The molecule has 0 amide bonds. The number of esters is 2. The fraction of sp³-hybridized carbons (Fsp3) is 0.600. The lowest BCUT2D eigenvalue weighted by Gasteiger charge is -2.26. The average molecular weight is 877 g/mol. The number of nitrogens with one attached hydrogen (secondary N) is 4. The molecule has 1 saturated heterocycles. The minimum absolute atomic E-state index is 0.0139. The van der Waals surface area contributed by atoms with Crippen LogP contribution in [0.4, 0.5) is 0 Å². The number of methoxy groups -OCH3 is 1. The number of hydrogen-bond acceptors (Lipinski definition) is 6. The summed E-state index contributed by atoms with van der Waals surface area (Å²) in [6.07, 6.45) is 22.1. The van der Waals surface area contributed by atoms with Gasteiger partial charge in [0.1, 0.15) is 18.3 Å². The van der Waals surface area contributed by atoms with Gasteiger partial charge in [0.2, 0.25) is 0 Å². The van der Waals surface area contributed by atoms with Crippen LogP contribution in [0.25, 0.3) is 29.6 Å². The monoisotopic (exact) mass is 877 g/mol. The van der Waals surface area contributed by atoms with Gasteiger partial charge in [0.25, 0.3) is 0 Å². The molecule has 1 aliphatic carbocycles.